The molecule has 0 aliphatic rings. The average molecular weight is 213 g/mol. The average Bonchev–Trinajstić information content (AvgIpc) is 2.29. The first-order valence-electron chi connectivity index (χ1n) is 4.63. The summed E-state index contributed by atoms with van der Waals surface area (Å²) in [5, 5.41) is 8.69. The maximum Gasteiger partial charge on any atom is 0.142 e. The van der Waals surface area contributed by atoms with Crippen LogP contribution in [0.4, 0.5) is 10.2 Å². The number of anilines is 1. The first kappa shape index (κ1) is 10.1. The Balaban J connectivity index is 2.50. The molecule has 1 heterocycles. The Morgan fingerprint density at radius 2 is 2.06 bits per heavy atom. The van der Waals surface area contributed by atoms with E-state index < -0.39 is 0 Å². The van der Waals surface area contributed by atoms with Crippen LogP contribution in [-0.2, 0) is 0 Å². The fourth-order valence-corrected chi connectivity index (χ4v) is 1.38. The molecular weight excluding hydrogens is 205 g/mol. The van der Waals surface area contributed by atoms with Gasteiger partial charge in [-0.3, -0.25) is 0 Å². The third-order valence-electron chi connectivity index (χ3n) is 2.17. The molecule has 0 saturated carbocycles. The molecule has 0 aliphatic heterocycles. The van der Waals surface area contributed by atoms with Crippen LogP contribution in [0, 0.1) is 17.1 Å². The number of pyridine rings is 1. The molecule has 3 nitrogen and oxygen atoms in total. The van der Waals surface area contributed by atoms with Gasteiger partial charge >= 0.3 is 0 Å². The van der Waals surface area contributed by atoms with Crippen molar-refractivity contribution in [3.8, 4) is 17.3 Å². The minimum absolute atomic E-state index is 0.157. The number of benzene rings is 1. The van der Waals surface area contributed by atoms with E-state index in [0.29, 0.717) is 16.8 Å². The third kappa shape index (κ3) is 1.84. The highest BCUT2D eigenvalue weighted by Crippen LogP contribution is 2.20. The predicted octanol–water partition coefficient (Wildman–Crippen LogP) is 2.34. The van der Waals surface area contributed by atoms with Crippen molar-refractivity contribution in [1.29, 1.82) is 5.26 Å². The lowest BCUT2D eigenvalue weighted by Gasteiger charge is -2.03. The summed E-state index contributed by atoms with van der Waals surface area (Å²) in [6, 6.07) is 11.2. The standard InChI is InChI=1S/C12H8FN3/c13-10-3-1-2-8(6-10)11-5-4-9(7-14)12(15)16-11/h1-6H,(H2,15,16). The van der Waals surface area contributed by atoms with Gasteiger partial charge in [0.1, 0.15) is 17.7 Å². The molecule has 0 aliphatic carbocycles. The van der Waals surface area contributed by atoms with E-state index in [1.165, 1.54) is 12.1 Å². The summed E-state index contributed by atoms with van der Waals surface area (Å²) >= 11 is 0. The van der Waals surface area contributed by atoms with Crippen LogP contribution in [0.1, 0.15) is 5.56 Å². The molecule has 0 saturated heterocycles. The van der Waals surface area contributed by atoms with Crippen LogP contribution in [0.5, 0.6) is 0 Å². The Labute approximate surface area is 92.0 Å². The van der Waals surface area contributed by atoms with Crippen molar-refractivity contribution in [2.45, 2.75) is 0 Å². The molecular formula is C12H8FN3. The largest absolute Gasteiger partial charge is 0.383 e. The minimum Gasteiger partial charge on any atom is -0.383 e. The topological polar surface area (TPSA) is 62.7 Å². The smallest absolute Gasteiger partial charge is 0.142 e. The number of rotatable bonds is 1. The molecule has 0 fully saturated rings. The SMILES string of the molecule is N#Cc1ccc(-c2cccc(F)c2)nc1N. The lowest BCUT2D eigenvalue weighted by molar-refractivity contribution is 0.628. The zero-order chi connectivity index (χ0) is 11.5. The van der Waals surface area contributed by atoms with E-state index in [4.69, 9.17) is 11.0 Å². The van der Waals surface area contributed by atoms with Crippen LogP contribution in [0.25, 0.3) is 11.3 Å². The highest BCUT2D eigenvalue weighted by Gasteiger charge is 2.04. The Morgan fingerprint density at radius 1 is 1.25 bits per heavy atom. The number of hydrogen-bond acceptors (Lipinski definition) is 3. The number of aromatic nitrogens is 1. The molecule has 0 spiro atoms. The predicted molar refractivity (Wildman–Crippen MR) is 58.8 cm³/mol. The molecule has 78 valence electrons. The number of nitrogens with two attached hydrogens (primary N) is 1. The second-order valence-electron chi connectivity index (χ2n) is 3.25. The maximum atomic E-state index is 13.0. The second-order valence-corrected chi connectivity index (χ2v) is 3.25. The van der Waals surface area contributed by atoms with E-state index in [0.717, 1.165) is 0 Å². The summed E-state index contributed by atoms with van der Waals surface area (Å²) in [5.41, 5.74) is 7.09. The van der Waals surface area contributed by atoms with Crippen molar-refractivity contribution in [2.75, 3.05) is 5.73 Å². The highest BCUT2D eigenvalue weighted by molar-refractivity contribution is 5.63. The van der Waals surface area contributed by atoms with Gasteiger partial charge in [-0.15, -0.1) is 0 Å². The number of nitriles is 1. The van der Waals surface area contributed by atoms with E-state index in [-0.39, 0.29) is 11.6 Å². The van der Waals surface area contributed by atoms with Crippen molar-refractivity contribution in [3.63, 3.8) is 0 Å². The van der Waals surface area contributed by atoms with Crippen LogP contribution >= 0.6 is 0 Å². The third-order valence-corrected chi connectivity index (χ3v) is 2.17. The molecule has 2 N–H and O–H groups in total. The molecule has 0 atom stereocenters. The van der Waals surface area contributed by atoms with Gasteiger partial charge in [0, 0.05) is 5.56 Å². The number of nitrogens with zero attached hydrogens (tertiary/aromatic N) is 2. The van der Waals surface area contributed by atoms with Crippen LogP contribution in [-0.4, -0.2) is 4.98 Å². The first-order valence-corrected chi connectivity index (χ1v) is 4.63. The summed E-state index contributed by atoms with van der Waals surface area (Å²) in [4.78, 5) is 4.04. The molecule has 1 aromatic heterocycles. The van der Waals surface area contributed by atoms with Gasteiger partial charge in [0.2, 0.25) is 0 Å². The van der Waals surface area contributed by atoms with E-state index in [1.807, 2.05) is 6.07 Å². The summed E-state index contributed by atoms with van der Waals surface area (Å²) in [5.74, 6) is -0.175. The Hall–Kier alpha value is -2.41. The molecule has 0 radical (unpaired) electrons. The van der Waals surface area contributed by atoms with E-state index in [2.05, 4.69) is 4.98 Å². The van der Waals surface area contributed by atoms with Crippen LogP contribution in [0.2, 0.25) is 0 Å². The van der Waals surface area contributed by atoms with Gasteiger partial charge in [-0.1, -0.05) is 12.1 Å². The van der Waals surface area contributed by atoms with Crippen LogP contribution in [0.15, 0.2) is 36.4 Å². The van der Waals surface area contributed by atoms with E-state index >= 15 is 0 Å². The normalized spacial score (nSPS) is 9.75. The van der Waals surface area contributed by atoms with Gasteiger partial charge < -0.3 is 5.73 Å². The number of hydrogen-bond donors (Lipinski definition) is 1. The van der Waals surface area contributed by atoms with Gasteiger partial charge in [0.25, 0.3) is 0 Å². The number of halogens is 1. The molecule has 0 bridgehead atoms. The molecule has 0 amide bonds. The fraction of sp³-hybridized carbons (Fsp3) is 0. The zero-order valence-corrected chi connectivity index (χ0v) is 8.31. The molecule has 0 unspecified atom stereocenters. The molecule has 16 heavy (non-hydrogen) atoms. The minimum atomic E-state index is -0.331. The summed E-state index contributed by atoms with van der Waals surface area (Å²) in [6.07, 6.45) is 0. The van der Waals surface area contributed by atoms with Crippen molar-refractivity contribution >= 4 is 5.82 Å². The summed E-state index contributed by atoms with van der Waals surface area (Å²) in [7, 11) is 0. The first-order chi connectivity index (χ1) is 7.70. The van der Waals surface area contributed by atoms with Gasteiger partial charge in [0.15, 0.2) is 0 Å². The number of nitrogen functional groups attached to an aromatic ring is 1. The molecule has 4 heteroatoms. The maximum absolute atomic E-state index is 13.0. The lowest BCUT2D eigenvalue weighted by Crippen LogP contribution is -1.96. The lowest BCUT2D eigenvalue weighted by atomic mass is 10.1. The molecule has 2 aromatic rings. The van der Waals surface area contributed by atoms with E-state index in [9.17, 15) is 4.39 Å². The van der Waals surface area contributed by atoms with Gasteiger partial charge in [-0.2, -0.15) is 5.26 Å². The van der Waals surface area contributed by atoms with Gasteiger partial charge in [-0.25, -0.2) is 9.37 Å². The van der Waals surface area contributed by atoms with Crippen LogP contribution in [0.3, 0.4) is 0 Å². The van der Waals surface area contributed by atoms with Crippen molar-refractivity contribution < 1.29 is 4.39 Å². The highest BCUT2D eigenvalue weighted by atomic mass is 19.1. The Bertz CT molecular complexity index is 573. The molecule has 2 rings (SSSR count). The van der Waals surface area contributed by atoms with Crippen molar-refractivity contribution in [3.05, 3.63) is 47.8 Å². The van der Waals surface area contributed by atoms with E-state index in [1.54, 1.807) is 24.3 Å². The second kappa shape index (κ2) is 3.99. The summed E-state index contributed by atoms with van der Waals surface area (Å²) < 4.78 is 13.0. The van der Waals surface area contributed by atoms with Gasteiger partial charge in [-0.05, 0) is 24.3 Å². The van der Waals surface area contributed by atoms with Crippen molar-refractivity contribution in [1.82, 2.24) is 4.98 Å². The van der Waals surface area contributed by atoms with Crippen molar-refractivity contribution in [2.24, 2.45) is 0 Å². The Morgan fingerprint density at radius 3 is 2.69 bits per heavy atom. The summed E-state index contributed by atoms with van der Waals surface area (Å²) in [6.45, 7) is 0. The Kier molecular flexibility index (Phi) is 2.52. The van der Waals surface area contributed by atoms with Crippen LogP contribution < -0.4 is 5.73 Å². The van der Waals surface area contributed by atoms with Gasteiger partial charge in [0.05, 0.1) is 11.3 Å². The fourth-order valence-electron chi connectivity index (χ4n) is 1.38. The zero-order valence-electron chi connectivity index (χ0n) is 8.31. The molecule has 1 aromatic carbocycles. The quantitative estimate of drug-likeness (QED) is 0.790. The monoisotopic (exact) mass is 213 g/mol.